The number of carbonyl (C=O) groups excluding carboxylic acids is 1. The lowest BCUT2D eigenvalue weighted by Crippen LogP contribution is -2.48. The number of thiophene rings is 1. The molecule has 0 saturated heterocycles. The molecule has 1 aliphatic heterocycles. The average Bonchev–Trinajstić information content (AvgIpc) is 3.36. The molecule has 3 aromatic rings. The van der Waals surface area contributed by atoms with E-state index in [1.165, 1.54) is 21.3 Å². The lowest BCUT2D eigenvalue weighted by atomic mass is 10.0. The van der Waals surface area contributed by atoms with Gasteiger partial charge in [-0.15, -0.1) is 11.3 Å². The minimum Gasteiger partial charge on any atom is -0.491 e. The van der Waals surface area contributed by atoms with Crippen molar-refractivity contribution in [3.05, 3.63) is 81.8 Å². The van der Waals surface area contributed by atoms with E-state index in [2.05, 4.69) is 0 Å². The maximum Gasteiger partial charge on any atom is 0.243 e. The number of sulfonamides is 1. The summed E-state index contributed by atoms with van der Waals surface area (Å²) in [5.74, 6) is -0.198. The minimum atomic E-state index is -3.87. The molecule has 1 aromatic heterocycles. The van der Waals surface area contributed by atoms with Gasteiger partial charge in [0.05, 0.1) is 17.5 Å². The van der Waals surface area contributed by atoms with E-state index in [0.29, 0.717) is 18.7 Å². The lowest BCUT2D eigenvalue weighted by molar-refractivity contribution is -0.135. The summed E-state index contributed by atoms with van der Waals surface area (Å²) < 4.78 is 48.1. The van der Waals surface area contributed by atoms with Crippen molar-refractivity contribution in [3.63, 3.8) is 0 Å². The van der Waals surface area contributed by atoms with Crippen molar-refractivity contribution in [1.82, 2.24) is 9.21 Å². The van der Waals surface area contributed by atoms with Crippen molar-refractivity contribution in [2.24, 2.45) is 5.92 Å². The Morgan fingerprint density at radius 2 is 1.97 bits per heavy atom. The normalized spacial score (nSPS) is 16.5. The summed E-state index contributed by atoms with van der Waals surface area (Å²) in [6, 6.07) is 14.2. The number of amides is 1. The van der Waals surface area contributed by atoms with E-state index in [0.717, 1.165) is 17.5 Å². The molecule has 9 heteroatoms. The summed E-state index contributed by atoms with van der Waals surface area (Å²) in [6.45, 7) is 6.50. The summed E-state index contributed by atoms with van der Waals surface area (Å²) in [7, 11) is -3.87. The zero-order chi connectivity index (χ0) is 26.6. The number of ether oxygens (including phenoxy) is 1. The van der Waals surface area contributed by atoms with Crippen LogP contribution in [-0.2, 0) is 21.2 Å². The van der Waals surface area contributed by atoms with Crippen molar-refractivity contribution in [2.45, 2.75) is 44.6 Å². The topological polar surface area (TPSA) is 66.9 Å². The summed E-state index contributed by atoms with van der Waals surface area (Å²) >= 11 is 1.64. The molecule has 1 aliphatic rings. The fourth-order valence-electron chi connectivity index (χ4n) is 4.43. The van der Waals surface area contributed by atoms with E-state index in [9.17, 15) is 17.6 Å². The first kappa shape index (κ1) is 27.3. The SMILES string of the molecule is CC[C@@H](C)CN(CC(=O)N1CCc2sccc2[C@@H]1COc1cccc(F)c1)S(=O)(=O)c1ccc(C)cc1. The first-order chi connectivity index (χ1) is 17.7. The van der Waals surface area contributed by atoms with E-state index in [4.69, 9.17) is 4.74 Å². The molecule has 2 aromatic carbocycles. The third-order valence-electron chi connectivity index (χ3n) is 6.80. The predicted octanol–water partition coefficient (Wildman–Crippen LogP) is 5.44. The van der Waals surface area contributed by atoms with Crippen LogP contribution in [0.3, 0.4) is 0 Å². The van der Waals surface area contributed by atoms with Gasteiger partial charge in [-0.05, 0) is 60.5 Å². The molecule has 6 nitrogen and oxygen atoms in total. The first-order valence-corrected chi connectivity index (χ1v) is 14.8. The molecule has 0 unspecified atom stereocenters. The van der Waals surface area contributed by atoms with Gasteiger partial charge in [-0.25, -0.2) is 12.8 Å². The number of carbonyl (C=O) groups is 1. The van der Waals surface area contributed by atoms with Gasteiger partial charge in [-0.3, -0.25) is 4.79 Å². The van der Waals surface area contributed by atoms with E-state index in [-0.39, 0.29) is 36.4 Å². The van der Waals surface area contributed by atoms with Crippen LogP contribution in [0.15, 0.2) is 64.9 Å². The molecule has 2 atom stereocenters. The third kappa shape index (κ3) is 6.40. The van der Waals surface area contributed by atoms with Crippen molar-refractivity contribution in [3.8, 4) is 5.75 Å². The van der Waals surface area contributed by atoms with Gasteiger partial charge in [-0.2, -0.15) is 4.31 Å². The van der Waals surface area contributed by atoms with Crippen LogP contribution < -0.4 is 4.74 Å². The smallest absolute Gasteiger partial charge is 0.243 e. The monoisotopic (exact) mass is 544 g/mol. The summed E-state index contributed by atoms with van der Waals surface area (Å²) in [5.41, 5.74) is 1.96. The second-order valence-corrected chi connectivity index (χ2v) is 12.5. The number of halogens is 1. The maximum atomic E-state index is 13.7. The maximum absolute atomic E-state index is 13.7. The molecule has 37 heavy (non-hydrogen) atoms. The Balaban J connectivity index is 1.58. The Kier molecular flexibility index (Phi) is 8.67. The van der Waals surface area contributed by atoms with Gasteiger partial charge < -0.3 is 9.64 Å². The van der Waals surface area contributed by atoms with Crippen LogP contribution in [0.5, 0.6) is 5.75 Å². The quantitative estimate of drug-likeness (QED) is 0.341. The van der Waals surface area contributed by atoms with Gasteiger partial charge in [-0.1, -0.05) is 44.0 Å². The highest BCUT2D eigenvalue weighted by molar-refractivity contribution is 7.89. The van der Waals surface area contributed by atoms with E-state index in [1.807, 2.05) is 32.2 Å². The number of fused-ring (bicyclic) bond motifs is 1. The minimum absolute atomic E-state index is 0.0879. The average molecular weight is 545 g/mol. The molecule has 198 valence electrons. The zero-order valence-corrected chi connectivity index (χ0v) is 23.0. The Hall–Kier alpha value is -2.75. The molecule has 0 N–H and O–H groups in total. The standard InChI is InChI=1S/C28H33FN2O4S2/c1-4-20(2)17-30(37(33,34)24-10-8-21(3)9-11-24)18-28(32)31-14-12-27-25(13-15-36-27)26(31)19-35-23-7-5-6-22(29)16-23/h5-11,13,15-16,20,26H,4,12,14,17-19H2,1-3H3/t20-,26+/m1/s1. The van der Waals surface area contributed by atoms with E-state index in [1.54, 1.807) is 52.6 Å². The molecule has 0 aliphatic carbocycles. The van der Waals surface area contributed by atoms with Crippen LogP contribution in [0, 0.1) is 18.7 Å². The van der Waals surface area contributed by atoms with Crippen molar-refractivity contribution in [1.29, 1.82) is 0 Å². The summed E-state index contributed by atoms with van der Waals surface area (Å²) in [6.07, 6.45) is 1.49. The van der Waals surface area contributed by atoms with Crippen LogP contribution in [0.4, 0.5) is 4.39 Å². The fourth-order valence-corrected chi connectivity index (χ4v) is 6.87. The molecule has 4 rings (SSSR count). The van der Waals surface area contributed by atoms with Gasteiger partial charge in [0.2, 0.25) is 15.9 Å². The molecule has 2 heterocycles. The van der Waals surface area contributed by atoms with Gasteiger partial charge in [0.25, 0.3) is 0 Å². The highest BCUT2D eigenvalue weighted by Crippen LogP contribution is 2.34. The molecule has 0 fully saturated rings. The lowest BCUT2D eigenvalue weighted by Gasteiger charge is -2.37. The van der Waals surface area contributed by atoms with E-state index < -0.39 is 21.9 Å². The van der Waals surface area contributed by atoms with E-state index >= 15 is 0 Å². The van der Waals surface area contributed by atoms with Crippen molar-refractivity contribution >= 4 is 27.3 Å². The number of hydrogen-bond donors (Lipinski definition) is 0. The molecule has 0 radical (unpaired) electrons. The van der Waals surface area contributed by atoms with Crippen LogP contribution in [0.25, 0.3) is 0 Å². The molecule has 0 bridgehead atoms. The number of benzene rings is 2. The van der Waals surface area contributed by atoms with Crippen LogP contribution in [0.1, 0.15) is 42.3 Å². The molecular formula is C28H33FN2O4S2. The van der Waals surface area contributed by atoms with Crippen LogP contribution >= 0.6 is 11.3 Å². The second-order valence-electron chi connectivity index (χ2n) is 9.54. The van der Waals surface area contributed by atoms with Crippen molar-refractivity contribution in [2.75, 3.05) is 26.2 Å². The highest BCUT2D eigenvalue weighted by atomic mass is 32.2. The first-order valence-electron chi connectivity index (χ1n) is 12.5. The Bertz CT molecular complexity index is 1320. The molecule has 0 spiro atoms. The molecule has 0 saturated carbocycles. The van der Waals surface area contributed by atoms with Crippen LogP contribution in [0.2, 0.25) is 0 Å². The van der Waals surface area contributed by atoms with Gasteiger partial charge in [0.1, 0.15) is 18.2 Å². The predicted molar refractivity (Wildman–Crippen MR) is 144 cm³/mol. The summed E-state index contributed by atoms with van der Waals surface area (Å²) in [4.78, 5) is 16.8. The number of rotatable bonds is 10. The third-order valence-corrected chi connectivity index (χ3v) is 9.62. The largest absolute Gasteiger partial charge is 0.491 e. The fraction of sp³-hybridized carbons (Fsp3) is 0.393. The Morgan fingerprint density at radius 3 is 2.68 bits per heavy atom. The zero-order valence-electron chi connectivity index (χ0n) is 21.4. The Morgan fingerprint density at radius 1 is 1.22 bits per heavy atom. The number of hydrogen-bond acceptors (Lipinski definition) is 5. The van der Waals surface area contributed by atoms with Gasteiger partial charge in [0.15, 0.2) is 0 Å². The van der Waals surface area contributed by atoms with Gasteiger partial charge >= 0.3 is 0 Å². The second kappa shape index (κ2) is 11.8. The Labute approximate surface area is 222 Å². The van der Waals surface area contributed by atoms with Gasteiger partial charge in [0, 0.05) is 24.0 Å². The molecule has 1 amide bonds. The van der Waals surface area contributed by atoms with Crippen molar-refractivity contribution < 1.29 is 22.3 Å². The number of aryl methyl sites for hydroxylation is 1. The summed E-state index contributed by atoms with van der Waals surface area (Å²) in [5, 5.41) is 1.99. The molecular weight excluding hydrogens is 511 g/mol. The van der Waals surface area contributed by atoms with Crippen LogP contribution in [-0.4, -0.2) is 49.8 Å². The number of nitrogens with zero attached hydrogens (tertiary/aromatic N) is 2. The highest BCUT2D eigenvalue weighted by Gasteiger charge is 2.35.